The van der Waals surface area contributed by atoms with Gasteiger partial charge in [0.1, 0.15) is 5.60 Å². The number of esters is 1. The molecule has 0 spiro atoms. The van der Waals surface area contributed by atoms with Gasteiger partial charge in [-0.1, -0.05) is 60.3 Å². The number of sulfonamides is 1. The van der Waals surface area contributed by atoms with Crippen molar-refractivity contribution in [3.05, 3.63) is 90.0 Å². The quantitative estimate of drug-likeness (QED) is 0.120. The van der Waals surface area contributed by atoms with E-state index in [1.807, 2.05) is 57.2 Å². The Labute approximate surface area is 228 Å². The predicted molar refractivity (Wildman–Crippen MR) is 152 cm³/mol. The fourth-order valence-corrected chi connectivity index (χ4v) is 5.14. The first-order chi connectivity index (χ1) is 18.0. The Balaban J connectivity index is 1.90. The summed E-state index contributed by atoms with van der Waals surface area (Å²) in [4.78, 5) is 17.0. The van der Waals surface area contributed by atoms with Gasteiger partial charge in [0.05, 0.1) is 17.0 Å². The molecule has 0 saturated carbocycles. The minimum atomic E-state index is -3.95. The second-order valence-corrected chi connectivity index (χ2v) is 11.8. The van der Waals surface area contributed by atoms with Crippen molar-refractivity contribution >= 4 is 44.3 Å². The van der Waals surface area contributed by atoms with Crippen molar-refractivity contribution in [3.63, 3.8) is 0 Å². The van der Waals surface area contributed by atoms with Crippen LogP contribution in [0.15, 0.2) is 88.8 Å². The van der Waals surface area contributed by atoms with Crippen molar-refractivity contribution in [2.75, 3.05) is 11.0 Å². The summed E-state index contributed by atoms with van der Waals surface area (Å²) in [5.41, 5.74) is 1.82. The Morgan fingerprint density at radius 3 is 2.37 bits per heavy atom. The highest BCUT2D eigenvalue weighted by atomic mass is 32.2. The van der Waals surface area contributed by atoms with E-state index in [9.17, 15) is 13.2 Å². The average Bonchev–Trinajstić information content (AvgIpc) is 2.86. The van der Waals surface area contributed by atoms with Crippen molar-refractivity contribution in [1.29, 1.82) is 5.26 Å². The number of nitrogens with zero attached hydrogens (tertiary/aromatic N) is 2. The largest absolute Gasteiger partial charge is 0.460 e. The summed E-state index contributed by atoms with van der Waals surface area (Å²) in [5.74, 6) is -0.670. The van der Waals surface area contributed by atoms with E-state index in [4.69, 9.17) is 10.00 Å². The molecule has 0 aliphatic heterocycles. The molecule has 198 valence electrons. The van der Waals surface area contributed by atoms with Crippen LogP contribution in [0, 0.1) is 11.5 Å². The molecule has 3 aromatic carbocycles. The average molecular weight is 551 g/mol. The van der Waals surface area contributed by atoms with Gasteiger partial charge in [-0.15, -0.1) is 0 Å². The predicted octanol–water partition coefficient (Wildman–Crippen LogP) is 5.77. The zero-order valence-corrected chi connectivity index (χ0v) is 23.3. The van der Waals surface area contributed by atoms with E-state index < -0.39 is 15.6 Å². The number of ether oxygens (including phenoxy) is 1. The second-order valence-electron chi connectivity index (χ2n) is 9.34. The Kier molecular flexibility index (Phi) is 9.55. The minimum Gasteiger partial charge on any atom is -0.460 e. The molecule has 0 heterocycles. The minimum absolute atomic E-state index is 0.0231. The number of thioether (sulfide) groups is 1. The van der Waals surface area contributed by atoms with Gasteiger partial charge in [-0.2, -0.15) is 5.26 Å². The maximum atomic E-state index is 13.2. The monoisotopic (exact) mass is 550 g/mol. The van der Waals surface area contributed by atoms with Crippen LogP contribution in [0.25, 0.3) is 0 Å². The fourth-order valence-electron chi connectivity index (χ4n) is 3.71. The van der Waals surface area contributed by atoms with Crippen molar-refractivity contribution < 1.29 is 17.9 Å². The topological polar surface area (TPSA) is 121 Å². The van der Waals surface area contributed by atoms with Crippen LogP contribution >= 0.6 is 11.8 Å². The van der Waals surface area contributed by atoms with Gasteiger partial charge in [-0.3, -0.25) is 14.8 Å². The fraction of sp³-hybridized carbons (Fsp3) is 0.250. The molecule has 0 bridgehead atoms. The molecule has 0 amide bonds. The number of carbonyl (C=O) groups excluding carboxylic acids is 1. The van der Waals surface area contributed by atoms with E-state index >= 15 is 0 Å². The molecule has 0 aliphatic rings. The van der Waals surface area contributed by atoms with E-state index in [-0.39, 0.29) is 23.2 Å². The lowest BCUT2D eigenvalue weighted by Crippen LogP contribution is -2.25. The Morgan fingerprint density at radius 2 is 1.71 bits per heavy atom. The van der Waals surface area contributed by atoms with Gasteiger partial charge in [0, 0.05) is 11.6 Å². The molecule has 0 aliphatic carbocycles. The number of carbonyl (C=O) groups is 1. The molecule has 8 nitrogen and oxygen atoms in total. The normalized spacial score (nSPS) is 12.8. The van der Waals surface area contributed by atoms with E-state index in [2.05, 4.69) is 15.0 Å². The maximum Gasteiger partial charge on any atom is 0.307 e. The smallest absolute Gasteiger partial charge is 0.307 e. The van der Waals surface area contributed by atoms with E-state index in [0.29, 0.717) is 16.5 Å². The van der Waals surface area contributed by atoms with Gasteiger partial charge in [-0.25, -0.2) is 13.4 Å². The molecule has 38 heavy (non-hydrogen) atoms. The SMILES string of the molecule is CSC(=Nc1cccc(S(=O)(=O)Nc2cccc(C(CC(=O)OC(C)(C)C)c3ccccc3)c2)c1)NC#N. The highest BCUT2D eigenvalue weighted by molar-refractivity contribution is 8.13. The van der Waals surface area contributed by atoms with Crippen LogP contribution in [0.4, 0.5) is 11.4 Å². The molecule has 0 radical (unpaired) electrons. The van der Waals surface area contributed by atoms with Crippen molar-refractivity contribution in [1.82, 2.24) is 5.32 Å². The Morgan fingerprint density at radius 1 is 1.03 bits per heavy atom. The molecule has 1 unspecified atom stereocenters. The van der Waals surface area contributed by atoms with Gasteiger partial charge in [0.25, 0.3) is 10.0 Å². The highest BCUT2D eigenvalue weighted by Crippen LogP contribution is 2.31. The number of nitriles is 1. The molecule has 3 rings (SSSR count). The number of rotatable bonds is 8. The van der Waals surface area contributed by atoms with Crippen LogP contribution in [0.5, 0.6) is 0 Å². The molecule has 2 N–H and O–H groups in total. The summed E-state index contributed by atoms with van der Waals surface area (Å²) >= 11 is 1.23. The standard InChI is InChI=1S/C28H30N4O4S2/c1-28(2,3)36-26(33)18-25(20-10-6-5-7-11-20)21-12-8-14-23(16-21)32-38(34,35)24-15-9-13-22(17-24)31-27(37-4)30-19-29/h5-17,25,32H,18H2,1-4H3,(H,30,31). The first kappa shape index (κ1) is 28.8. The molecule has 0 aromatic heterocycles. The zero-order valence-electron chi connectivity index (χ0n) is 21.6. The highest BCUT2D eigenvalue weighted by Gasteiger charge is 2.24. The van der Waals surface area contributed by atoms with Gasteiger partial charge < -0.3 is 4.74 Å². The molecular weight excluding hydrogens is 520 g/mol. The van der Waals surface area contributed by atoms with Gasteiger partial charge in [-0.05, 0) is 68.5 Å². The van der Waals surface area contributed by atoms with E-state index in [1.165, 1.54) is 23.9 Å². The third-order valence-corrected chi connectivity index (χ3v) is 7.21. The van der Waals surface area contributed by atoms with Crippen LogP contribution in [0.2, 0.25) is 0 Å². The van der Waals surface area contributed by atoms with Crippen LogP contribution < -0.4 is 10.0 Å². The Hall–Kier alpha value is -3.81. The summed E-state index contributed by atoms with van der Waals surface area (Å²) in [6, 6.07) is 22.7. The van der Waals surface area contributed by atoms with Crippen molar-refractivity contribution in [2.24, 2.45) is 4.99 Å². The van der Waals surface area contributed by atoms with E-state index in [0.717, 1.165) is 11.1 Å². The summed E-state index contributed by atoms with van der Waals surface area (Å²) in [6.07, 6.45) is 3.66. The summed E-state index contributed by atoms with van der Waals surface area (Å²) < 4.78 is 34.6. The number of benzene rings is 3. The van der Waals surface area contributed by atoms with Crippen molar-refractivity contribution in [2.45, 2.75) is 43.6 Å². The van der Waals surface area contributed by atoms with Crippen LogP contribution in [0.3, 0.4) is 0 Å². The number of amidine groups is 1. The first-order valence-electron chi connectivity index (χ1n) is 11.8. The lowest BCUT2D eigenvalue weighted by molar-refractivity contribution is -0.155. The number of anilines is 1. The molecule has 3 aromatic rings. The number of hydrogen-bond donors (Lipinski definition) is 2. The van der Waals surface area contributed by atoms with Gasteiger partial charge in [0.15, 0.2) is 11.4 Å². The molecular formula is C28H30N4O4S2. The third-order valence-electron chi connectivity index (χ3n) is 5.25. The lowest BCUT2D eigenvalue weighted by atomic mass is 9.88. The summed E-state index contributed by atoms with van der Waals surface area (Å²) in [6.45, 7) is 5.46. The lowest BCUT2D eigenvalue weighted by Gasteiger charge is -2.23. The maximum absolute atomic E-state index is 13.2. The third kappa shape index (κ3) is 8.36. The molecule has 0 saturated heterocycles. The number of aliphatic imine (C=N–C) groups is 1. The van der Waals surface area contributed by atoms with Crippen molar-refractivity contribution in [3.8, 4) is 6.19 Å². The van der Waals surface area contributed by atoms with Crippen LogP contribution in [0.1, 0.15) is 44.2 Å². The van der Waals surface area contributed by atoms with Crippen LogP contribution in [-0.4, -0.2) is 31.4 Å². The summed E-state index contributed by atoms with van der Waals surface area (Å²) in [5, 5.41) is 11.6. The molecule has 1 atom stereocenters. The number of nitrogens with one attached hydrogen (secondary N) is 2. The van der Waals surface area contributed by atoms with Gasteiger partial charge >= 0.3 is 5.97 Å². The van der Waals surface area contributed by atoms with Gasteiger partial charge in [0.2, 0.25) is 0 Å². The van der Waals surface area contributed by atoms with E-state index in [1.54, 1.807) is 42.8 Å². The zero-order chi connectivity index (χ0) is 27.8. The van der Waals surface area contributed by atoms with Crippen LogP contribution in [-0.2, 0) is 19.6 Å². The Bertz CT molecular complexity index is 1440. The molecule has 0 fully saturated rings. The second kappa shape index (κ2) is 12.6. The number of hydrogen-bond acceptors (Lipinski definition) is 7. The summed E-state index contributed by atoms with van der Waals surface area (Å²) in [7, 11) is -3.95. The molecule has 10 heteroatoms. The first-order valence-corrected chi connectivity index (χ1v) is 14.5.